The number of likely N-dealkylation sites (N-methyl/N-ethyl adjacent to an activating group) is 1. The first-order valence-corrected chi connectivity index (χ1v) is 5.27. The van der Waals surface area contributed by atoms with E-state index in [1.54, 1.807) is 7.05 Å². The average molecular weight is 238 g/mol. The van der Waals surface area contributed by atoms with Gasteiger partial charge in [0.1, 0.15) is 5.54 Å². The van der Waals surface area contributed by atoms with E-state index in [1.165, 1.54) is 4.90 Å². The molecule has 6 heteroatoms. The Morgan fingerprint density at radius 2 is 1.94 bits per heavy atom. The first-order chi connectivity index (χ1) is 7.19. The summed E-state index contributed by atoms with van der Waals surface area (Å²) in [7, 11) is 1.59. The fraction of sp³-hybridized carbons (Fsp3) is 0.900. The minimum absolute atomic E-state index is 0.00432. The van der Waals surface area contributed by atoms with E-state index in [0.717, 1.165) is 0 Å². The van der Waals surface area contributed by atoms with Crippen molar-refractivity contribution in [3.05, 3.63) is 0 Å². The van der Waals surface area contributed by atoms with Gasteiger partial charge in [0.2, 0.25) is 5.91 Å². The number of rotatable bonds is 4. The molecule has 0 bridgehead atoms. The highest BCUT2D eigenvalue weighted by molar-refractivity contribution is 5.78. The molecule has 0 spiro atoms. The molecule has 1 amide bonds. The zero-order chi connectivity index (χ0) is 12.6. The Kier molecular flexibility index (Phi) is 3.52. The largest absolute Gasteiger partial charge is 0.406 e. The minimum atomic E-state index is -4.26. The summed E-state index contributed by atoms with van der Waals surface area (Å²) in [5.41, 5.74) is -1.81. The summed E-state index contributed by atoms with van der Waals surface area (Å²) in [6.45, 7) is 3.37. The van der Waals surface area contributed by atoms with Gasteiger partial charge in [0.15, 0.2) is 0 Å². The number of hydrogen-bond acceptors (Lipinski definition) is 2. The predicted octanol–water partition coefficient (Wildman–Crippen LogP) is 1.54. The molecule has 1 rings (SSSR count). The Balaban J connectivity index is 2.44. The van der Waals surface area contributed by atoms with E-state index in [0.29, 0.717) is 0 Å². The quantitative estimate of drug-likeness (QED) is 0.805. The lowest BCUT2D eigenvalue weighted by atomic mass is 10.2. The molecule has 1 aliphatic rings. The van der Waals surface area contributed by atoms with Crippen molar-refractivity contribution in [2.24, 2.45) is 0 Å². The number of halogens is 3. The lowest BCUT2D eigenvalue weighted by molar-refractivity contribution is -0.166. The number of nitrogens with zero attached hydrogens (tertiary/aromatic N) is 1. The van der Waals surface area contributed by atoms with E-state index >= 15 is 0 Å². The van der Waals surface area contributed by atoms with E-state index in [4.69, 9.17) is 0 Å². The Labute approximate surface area is 93.0 Å². The molecule has 0 radical (unpaired) electrons. The second kappa shape index (κ2) is 4.24. The van der Waals surface area contributed by atoms with Crippen LogP contribution in [0.3, 0.4) is 0 Å². The molecule has 1 fully saturated rings. The first kappa shape index (κ1) is 13.3. The molecular weight excluding hydrogens is 221 g/mol. The zero-order valence-corrected chi connectivity index (χ0v) is 9.69. The fourth-order valence-electron chi connectivity index (χ4n) is 1.34. The summed E-state index contributed by atoms with van der Waals surface area (Å²) in [6.07, 6.45) is -4.13. The lowest BCUT2D eigenvalue weighted by Crippen LogP contribution is -2.49. The molecule has 0 atom stereocenters. The van der Waals surface area contributed by atoms with Crippen LogP contribution >= 0.6 is 0 Å². The van der Waals surface area contributed by atoms with E-state index in [-0.39, 0.29) is 31.3 Å². The molecule has 0 heterocycles. The first-order valence-electron chi connectivity index (χ1n) is 5.27. The summed E-state index contributed by atoms with van der Waals surface area (Å²) >= 11 is 0. The van der Waals surface area contributed by atoms with Crippen molar-refractivity contribution in [2.45, 2.75) is 44.4 Å². The van der Waals surface area contributed by atoms with Gasteiger partial charge < -0.3 is 4.90 Å². The third kappa shape index (κ3) is 2.66. The summed E-state index contributed by atoms with van der Waals surface area (Å²) < 4.78 is 37.6. The van der Waals surface area contributed by atoms with Crippen LogP contribution in [0.5, 0.6) is 0 Å². The summed E-state index contributed by atoms with van der Waals surface area (Å²) in [6, 6.07) is -0.00432. The Hall–Kier alpha value is -0.780. The molecule has 0 unspecified atom stereocenters. The van der Waals surface area contributed by atoms with Gasteiger partial charge in [-0.2, -0.15) is 13.2 Å². The van der Waals surface area contributed by atoms with Crippen molar-refractivity contribution in [3.8, 4) is 0 Å². The third-order valence-corrected chi connectivity index (χ3v) is 3.04. The van der Waals surface area contributed by atoms with Gasteiger partial charge in [-0.05, 0) is 26.7 Å². The maximum Gasteiger partial charge on any atom is 0.406 e. The molecule has 0 aliphatic heterocycles. The SMILES string of the molecule is CC(C)N(C)C(=O)CNC1(C(F)(F)F)CC1. The molecule has 3 nitrogen and oxygen atoms in total. The van der Waals surface area contributed by atoms with Gasteiger partial charge >= 0.3 is 6.18 Å². The van der Waals surface area contributed by atoms with Gasteiger partial charge in [-0.15, -0.1) is 0 Å². The molecule has 0 saturated heterocycles. The summed E-state index contributed by atoms with van der Waals surface area (Å²) in [5.74, 6) is -0.314. The van der Waals surface area contributed by atoms with Gasteiger partial charge in [0.25, 0.3) is 0 Å². The van der Waals surface area contributed by atoms with Crippen LogP contribution in [0.15, 0.2) is 0 Å². The fourth-order valence-corrected chi connectivity index (χ4v) is 1.34. The predicted molar refractivity (Wildman–Crippen MR) is 53.9 cm³/mol. The van der Waals surface area contributed by atoms with Crippen molar-refractivity contribution < 1.29 is 18.0 Å². The Morgan fingerprint density at radius 3 is 2.25 bits per heavy atom. The van der Waals surface area contributed by atoms with Gasteiger partial charge in [0.05, 0.1) is 6.54 Å². The van der Waals surface area contributed by atoms with Crippen LogP contribution in [0.1, 0.15) is 26.7 Å². The van der Waals surface area contributed by atoms with Crippen LogP contribution in [-0.2, 0) is 4.79 Å². The minimum Gasteiger partial charge on any atom is -0.342 e. The molecule has 94 valence electrons. The monoisotopic (exact) mass is 238 g/mol. The van der Waals surface area contributed by atoms with Crippen LogP contribution in [0.2, 0.25) is 0 Å². The highest BCUT2D eigenvalue weighted by atomic mass is 19.4. The molecule has 0 aromatic rings. The Morgan fingerprint density at radius 1 is 1.44 bits per heavy atom. The highest BCUT2D eigenvalue weighted by Gasteiger charge is 2.63. The second-order valence-corrected chi connectivity index (χ2v) is 4.53. The van der Waals surface area contributed by atoms with Crippen molar-refractivity contribution in [1.29, 1.82) is 0 Å². The molecule has 1 saturated carbocycles. The smallest absolute Gasteiger partial charge is 0.342 e. The van der Waals surface area contributed by atoms with Crippen LogP contribution in [0.25, 0.3) is 0 Å². The number of amides is 1. The molecule has 0 aromatic carbocycles. The highest BCUT2D eigenvalue weighted by Crippen LogP contribution is 2.48. The van der Waals surface area contributed by atoms with E-state index < -0.39 is 11.7 Å². The zero-order valence-electron chi connectivity index (χ0n) is 9.69. The molecular formula is C10H17F3N2O. The van der Waals surface area contributed by atoms with Crippen molar-refractivity contribution in [3.63, 3.8) is 0 Å². The van der Waals surface area contributed by atoms with Crippen LogP contribution in [0.4, 0.5) is 13.2 Å². The maximum atomic E-state index is 12.5. The van der Waals surface area contributed by atoms with E-state index in [2.05, 4.69) is 5.32 Å². The molecule has 0 aromatic heterocycles. The van der Waals surface area contributed by atoms with Crippen LogP contribution < -0.4 is 5.32 Å². The number of hydrogen-bond donors (Lipinski definition) is 1. The Bertz CT molecular complexity index is 272. The van der Waals surface area contributed by atoms with Gasteiger partial charge in [-0.1, -0.05) is 0 Å². The maximum absolute atomic E-state index is 12.5. The van der Waals surface area contributed by atoms with E-state index in [9.17, 15) is 18.0 Å². The van der Waals surface area contributed by atoms with Crippen molar-refractivity contribution in [1.82, 2.24) is 10.2 Å². The number of carbonyl (C=O) groups excluding carboxylic acids is 1. The number of alkyl halides is 3. The topological polar surface area (TPSA) is 32.3 Å². The van der Waals surface area contributed by atoms with Crippen LogP contribution in [0, 0.1) is 0 Å². The number of carbonyl (C=O) groups is 1. The van der Waals surface area contributed by atoms with Crippen molar-refractivity contribution >= 4 is 5.91 Å². The van der Waals surface area contributed by atoms with Gasteiger partial charge in [0, 0.05) is 13.1 Å². The lowest BCUT2D eigenvalue weighted by Gasteiger charge is -2.25. The third-order valence-electron chi connectivity index (χ3n) is 3.04. The van der Waals surface area contributed by atoms with E-state index in [1.807, 2.05) is 13.8 Å². The number of nitrogens with one attached hydrogen (secondary N) is 1. The summed E-state index contributed by atoms with van der Waals surface area (Å²) in [5, 5.41) is 2.33. The van der Waals surface area contributed by atoms with Gasteiger partial charge in [-0.3, -0.25) is 10.1 Å². The average Bonchev–Trinajstić information content (AvgIpc) is 2.92. The van der Waals surface area contributed by atoms with Crippen LogP contribution in [-0.4, -0.2) is 42.2 Å². The molecule has 16 heavy (non-hydrogen) atoms. The van der Waals surface area contributed by atoms with Crippen molar-refractivity contribution in [2.75, 3.05) is 13.6 Å². The molecule has 1 N–H and O–H groups in total. The summed E-state index contributed by atoms with van der Waals surface area (Å²) in [4.78, 5) is 12.9. The normalized spacial score (nSPS) is 18.7. The van der Waals surface area contributed by atoms with Gasteiger partial charge in [-0.25, -0.2) is 0 Å². The standard InChI is InChI=1S/C10H17F3N2O/c1-7(2)15(3)8(16)6-14-9(4-5-9)10(11,12)13/h7,14H,4-6H2,1-3H3. The molecule has 1 aliphatic carbocycles. The second-order valence-electron chi connectivity index (χ2n) is 4.53.